The van der Waals surface area contributed by atoms with Gasteiger partial charge in [0.15, 0.2) is 0 Å². The maximum atomic E-state index is 14.0. The number of halogens is 2. The van der Waals surface area contributed by atoms with Gasteiger partial charge in [0.1, 0.15) is 11.6 Å². The van der Waals surface area contributed by atoms with Crippen molar-refractivity contribution in [3.05, 3.63) is 28.0 Å². The molecule has 1 aromatic rings. The van der Waals surface area contributed by atoms with Crippen LogP contribution in [0.3, 0.4) is 0 Å². The van der Waals surface area contributed by atoms with Gasteiger partial charge in [0.05, 0.1) is 11.6 Å². The molecule has 2 nitrogen and oxygen atoms in total. The molecule has 0 spiro atoms. The van der Waals surface area contributed by atoms with Crippen LogP contribution >= 0.6 is 15.9 Å². The molecule has 0 radical (unpaired) electrons. The maximum absolute atomic E-state index is 14.0. The van der Waals surface area contributed by atoms with Crippen molar-refractivity contribution in [1.82, 2.24) is 0 Å². The topological polar surface area (TPSA) is 35.2 Å². The minimum absolute atomic E-state index is 0.217. The number of hydrogen-bond donors (Lipinski definition) is 1. The second-order valence-electron chi connectivity index (χ2n) is 4.28. The summed E-state index contributed by atoms with van der Waals surface area (Å²) in [5, 5.41) is 0. The predicted molar refractivity (Wildman–Crippen MR) is 65.2 cm³/mol. The van der Waals surface area contributed by atoms with Crippen molar-refractivity contribution in [2.24, 2.45) is 5.73 Å². The summed E-state index contributed by atoms with van der Waals surface area (Å²) in [4.78, 5) is 0. The van der Waals surface area contributed by atoms with Crippen molar-refractivity contribution in [1.29, 1.82) is 0 Å². The van der Waals surface area contributed by atoms with E-state index >= 15 is 0 Å². The molecule has 0 saturated heterocycles. The third-order valence-electron chi connectivity index (χ3n) is 3.49. The highest BCUT2D eigenvalue weighted by molar-refractivity contribution is 9.10. The van der Waals surface area contributed by atoms with Crippen LogP contribution in [-0.4, -0.2) is 13.7 Å². The van der Waals surface area contributed by atoms with E-state index in [-0.39, 0.29) is 11.2 Å². The highest BCUT2D eigenvalue weighted by Gasteiger charge is 2.42. The standard InChI is InChI=1S/C12H15BrFNO/c1-16-11-8(13)3-4-9(14)10(11)12(7-15)5-2-6-12/h3-4H,2,5-7,15H2,1H3. The van der Waals surface area contributed by atoms with E-state index in [0.29, 0.717) is 17.9 Å². The molecular formula is C12H15BrFNO. The number of ether oxygens (including phenoxy) is 1. The van der Waals surface area contributed by atoms with Gasteiger partial charge in [-0.15, -0.1) is 0 Å². The first-order valence-corrected chi connectivity index (χ1v) is 6.16. The first-order chi connectivity index (χ1) is 7.64. The minimum atomic E-state index is -0.223. The molecule has 1 saturated carbocycles. The van der Waals surface area contributed by atoms with E-state index in [2.05, 4.69) is 15.9 Å². The van der Waals surface area contributed by atoms with Gasteiger partial charge in [0.2, 0.25) is 0 Å². The molecule has 0 amide bonds. The highest BCUT2D eigenvalue weighted by atomic mass is 79.9. The predicted octanol–water partition coefficient (Wildman–Crippen LogP) is 2.98. The van der Waals surface area contributed by atoms with E-state index in [1.807, 2.05) is 0 Å². The molecule has 0 atom stereocenters. The first-order valence-electron chi connectivity index (χ1n) is 5.37. The molecule has 0 aliphatic heterocycles. The second kappa shape index (κ2) is 4.34. The summed E-state index contributed by atoms with van der Waals surface area (Å²) in [7, 11) is 1.56. The average Bonchev–Trinajstić information content (AvgIpc) is 2.22. The SMILES string of the molecule is COc1c(Br)ccc(F)c1C1(CN)CCC1. The Morgan fingerprint density at radius 1 is 1.50 bits per heavy atom. The summed E-state index contributed by atoms with van der Waals surface area (Å²) in [6.45, 7) is 0.469. The number of methoxy groups -OCH3 is 1. The molecule has 1 aliphatic carbocycles. The van der Waals surface area contributed by atoms with E-state index in [0.717, 1.165) is 23.7 Å². The number of benzene rings is 1. The molecule has 2 N–H and O–H groups in total. The monoisotopic (exact) mass is 287 g/mol. The summed E-state index contributed by atoms with van der Waals surface area (Å²) in [6, 6.07) is 3.14. The molecule has 0 aromatic heterocycles. The van der Waals surface area contributed by atoms with E-state index in [4.69, 9.17) is 10.5 Å². The lowest BCUT2D eigenvalue weighted by Crippen LogP contribution is -2.42. The summed E-state index contributed by atoms with van der Waals surface area (Å²) >= 11 is 3.38. The van der Waals surface area contributed by atoms with Gasteiger partial charge in [-0.1, -0.05) is 6.42 Å². The Bertz CT molecular complexity index is 399. The molecular weight excluding hydrogens is 273 g/mol. The van der Waals surface area contributed by atoms with Crippen LogP contribution in [0, 0.1) is 5.82 Å². The average molecular weight is 288 g/mol. The molecule has 16 heavy (non-hydrogen) atoms. The minimum Gasteiger partial charge on any atom is -0.495 e. The van der Waals surface area contributed by atoms with Crippen LogP contribution in [-0.2, 0) is 5.41 Å². The molecule has 2 rings (SSSR count). The van der Waals surface area contributed by atoms with Gasteiger partial charge in [-0.25, -0.2) is 4.39 Å². The van der Waals surface area contributed by atoms with Crippen molar-refractivity contribution in [2.45, 2.75) is 24.7 Å². The van der Waals surface area contributed by atoms with Crippen LogP contribution < -0.4 is 10.5 Å². The van der Waals surface area contributed by atoms with Crippen molar-refractivity contribution >= 4 is 15.9 Å². The third-order valence-corrected chi connectivity index (χ3v) is 4.12. The maximum Gasteiger partial charge on any atom is 0.139 e. The van der Waals surface area contributed by atoms with Crippen molar-refractivity contribution < 1.29 is 9.13 Å². The molecule has 1 aromatic carbocycles. The lowest BCUT2D eigenvalue weighted by Gasteiger charge is -2.42. The molecule has 4 heteroatoms. The van der Waals surface area contributed by atoms with Gasteiger partial charge in [0, 0.05) is 17.5 Å². The lowest BCUT2D eigenvalue weighted by atomic mass is 9.64. The summed E-state index contributed by atoms with van der Waals surface area (Å²) in [5.74, 6) is 0.371. The molecule has 0 heterocycles. The molecule has 88 valence electrons. The van der Waals surface area contributed by atoms with Crippen molar-refractivity contribution in [3.63, 3.8) is 0 Å². The van der Waals surface area contributed by atoms with Crippen LogP contribution in [0.2, 0.25) is 0 Å². The normalized spacial score (nSPS) is 18.0. The van der Waals surface area contributed by atoms with E-state index in [1.54, 1.807) is 13.2 Å². The van der Waals surface area contributed by atoms with Crippen LogP contribution in [0.4, 0.5) is 4.39 Å². The summed E-state index contributed by atoms with van der Waals surface area (Å²) in [6.07, 6.45) is 2.98. The molecule has 1 aliphatic rings. The Balaban J connectivity index is 2.57. The smallest absolute Gasteiger partial charge is 0.139 e. The Morgan fingerprint density at radius 3 is 2.62 bits per heavy atom. The highest BCUT2D eigenvalue weighted by Crippen LogP contribution is 2.49. The Labute approximate surface area is 103 Å². The zero-order chi connectivity index (χ0) is 11.8. The van der Waals surface area contributed by atoms with E-state index < -0.39 is 0 Å². The van der Waals surface area contributed by atoms with Crippen molar-refractivity contribution in [3.8, 4) is 5.75 Å². The fourth-order valence-electron chi connectivity index (χ4n) is 2.39. The number of nitrogens with two attached hydrogens (primary N) is 1. The van der Waals surface area contributed by atoms with Gasteiger partial charge < -0.3 is 10.5 Å². The number of rotatable bonds is 3. The van der Waals surface area contributed by atoms with Crippen molar-refractivity contribution in [2.75, 3.05) is 13.7 Å². The Kier molecular flexibility index (Phi) is 3.22. The second-order valence-corrected chi connectivity index (χ2v) is 5.13. The number of hydrogen-bond acceptors (Lipinski definition) is 2. The Hall–Kier alpha value is -0.610. The summed E-state index contributed by atoms with van der Waals surface area (Å²) in [5.41, 5.74) is 6.22. The van der Waals surface area contributed by atoms with E-state index in [1.165, 1.54) is 6.07 Å². The van der Waals surface area contributed by atoms with Gasteiger partial charge in [-0.05, 0) is 40.9 Å². The van der Waals surface area contributed by atoms with Gasteiger partial charge in [-0.3, -0.25) is 0 Å². The largest absolute Gasteiger partial charge is 0.495 e. The molecule has 1 fully saturated rings. The third kappa shape index (κ3) is 1.64. The summed E-state index contributed by atoms with van der Waals surface area (Å²) < 4.78 is 20.0. The zero-order valence-electron chi connectivity index (χ0n) is 9.22. The fourth-order valence-corrected chi connectivity index (χ4v) is 2.88. The van der Waals surface area contributed by atoms with Gasteiger partial charge in [-0.2, -0.15) is 0 Å². The molecule has 0 bridgehead atoms. The fraction of sp³-hybridized carbons (Fsp3) is 0.500. The van der Waals surface area contributed by atoms with Crippen LogP contribution in [0.15, 0.2) is 16.6 Å². The molecule has 0 unspecified atom stereocenters. The van der Waals surface area contributed by atoms with Crippen LogP contribution in [0.5, 0.6) is 5.75 Å². The van der Waals surface area contributed by atoms with E-state index in [9.17, 15) is 4.39 Å². The lowest BCUT2D eigenvalue weighted by molar-refractivity contribution is 0.234. The first kappa shape index (κ1) is 11.9. The Morgan fingerprint density at radius 2 is 2.19 bits per heavy atom. The van der Waals surface area contributed by atoms with Crippen LogP contribution in [0.25, 0.3) is 0 Å². The van der Waals surface area contributed by atoms with Crippen LogP contribution in [0.1, 0.15) is 24.8 Å². The quantitative estimate of drug-likeness (QED) is 0.928. The van der Waals surface area contributed by atoms with Gasteiger partial charge >= 0.3 is 0 Å². The zero-order valence-corrected chi connectivity index (χ0v) is 10.8. The van der Waals surface area contributed by atoms with Gasteiger partial charge in [0.25, 0.3) is 0 Å².